The van der Waals surface area contributed by atoms with Gasteiger partial charge in [0.25, 0.3) is 0 Å². The second kappa shape index (κ2) is 6.10. The molecule has 0 saturated carbocycles. The predicted octanol–water partition coefficient (Wildman–Crippen LogP) is 5.77. The number of hydrogen-bond donors (Lipinski definition) is 0. The maximum atomic E-state index is 6.36. The molecule has 4 aromatic rings. The minimum atomic E-state index is 0.403. The van der Waals surface area contributed by atoms with Gasteiger partial charge in [-0.3, -0.25) is 0 Å². The van der Waals surface area contributed by atoms with E-state index in [1.165, 1.54) is 11.9 Å². The average molecular weight is 335 g/mol. The van der Waals surface area contributed by atoms with Gasteiger partial charge in [0.05, 0.1) is 5.39 Å². The summed E-state index contributed by atoms with van der Waals surface area (Å²) in [4.78, 5) is 8.37. The summed E-state index contributed by atoms with van der Waals surface area (Å²) in [7, 11) is 0. The molecule has 2 aromatic heterocycles. The van der Waals surface area contributed by atoms with E-state index >= 15 is 0 Å². The largest absolute Gasteiger partial charge is 0.437 e. The molecule has 0 spiro atoms. The monoisotopic (exact) mass is 334 g/mol. The van der Waals surface area contributed by atoms with Crippen LogP contribution in [0.15, 0.2) is 65.3 Å². The van der Waals surface area contributed by atoms with Crippen molar-refractivity contribution in [3.8, 4) is 22.5 Å². The first-order valence-electron chi connectivity index (χ1n) is 7.85. The molecule has 0 aliphatic carbocycles. The molecule has 0 unspecified atom stereocenters. The third-order valence-corrected chi connectivity index (χ3v) is 4.42. The lowest BCUT2D eigenvalue weighted by Crippen LogP contribution is -1.85. The lowest BCUT2D eigenvalue weighted by atomic mass is 9.98. The van der Waals surface area contributed by atoms with E-state index in [4.69, 9.17) is 16.0 Å². The van der Waals surface area contributed by atoms with Crippen molar-refractivity contribution in [3.05, 3.63) is 71.6 Å². The molecule has 0 aliphatic heterocycles. The van der Waals surface area contributed by atoms with Gasteiger partial charge in [-0.25, -0.2) is 9.97 Å². The van der Waals surface area contributed by atoms with Gasteiger partial charge >= 0.3 is 0 Å². The third-order valence-electron chi connectivity index (χ3n) is 4.13. The lowest BCUT2D eigenvalue weighted by Gasteiger charge is -2.05. The van der Waals surface area contributed by atoms with Crippen LogP contribution < -0.4 is 0 Å². The van der Waals surface area contributed by atoms with Crippen molar-refractivity contribution in [2.75, 3.05) is 0 Å². The van der Waals surface area contributed by atoms with Crippen LogP contribution in [0.2, 0.25) is 5.15 Å². The molecule has 118 valence electrons. The molecule has 0 radical (unpaired) electrons. The molecule has 24 heavy (non-hydrogen) atoms. The third kappa shape index (κ3) is 2.47. The Morgan fingerprint density at radius 2 is 1.67 bits per heavy atom. The molecule has 0 amide bonds. The van der Waals surface area contributed by atoms with Gasteiger partial charge in [-0.2, -0.15) is 0 Å². The Balaban J connectivity index is 2.03. The topological polar surface area (TPSA) is 38.9 Å². The van der Waals surface area contributed by atoms with E-state index in [2.05, 4.69) is 41.2 Å². The van der Waals surface area contributed by atoms with Gasteiger partial charge in [0, 0.05) is 11.1 Å². The fraction of sp³-hybridized carbons (Fsp3) is 0.100. The first-order chi connectivity index (χ1) is 11.8. The maximum absolute atomic E-state index is 6.36. The van der Waals surface area contributed by atoms with Crippen molar-refractivity contribution in [1.82, 2.24) is 9.97 Å². The molecule has 0 atom stereocenters. The highest BCUT2D eigenvalue weighted by molar-refractivity contribution is 6.35. The number of benzene rings is 2. The van der Waals surface area contributed by atoms with Crippen molar-refractivity contribution >= 4 is 22.7 Å². The van der Waals surface area contributed by atoms with Crippen LogP contribution in [-0.4, -0.2) is 9.97 Å². The Hall–Kier alpha value is -2.65. The molecular weight excluding hydrogens is 320 g/mol. The van der Waals surface area contributed by atoms with Crippen LogP contribution in [0.3, 0.4) is 0 Å². The summed E-state index contributed by atoms with van der Waals surface area (Å²) in [6, 6.07) is 18.4. The minimum Gasteiger partial charge on any atom is -0.437 e. The lowest BCUT2D eigenvalue weighted by molar-refractivity contribution is 0.618. The zero-order valence-corrected chi connectivity index (χ0v) is 13.9. The van der Waals surface area contributed by atoms with Crippen LogP contribution in [-0.2, 0) is 6.42 Å². The van der Waals surface area contributed by atoms with Gasteiger partial charge in [0.1, 0.15) is 17.2 Å². The Bertz CT molecular complexity index is 992. The predicted molar refractivity (Wildman–Crippen MR) is 97.1 cm³/mol. The second-order valence-electron chi connectivity index (χ2n) is 5.57. The molecular formula is C20H15ClN2O. The first-order valence-corrected chi connectivity index (χ1v) is 8.23. The molecule has 2 aromatic carbocycles. The normalized spacial score (nSPS) is 11.1. The van der Waals surface area contributed by atoms with Gasteiger partial charge < -0.3 is 4.42 Å². The number of fused-ring (bicyclic) bond motifs is 1. The van der Waals surface area contributed by atoms with E-state index in [0.29, 0.717) is 10.9 Å². The smallest absolute Gasteiger partial charge is 0.231 e. The fourth-order valence-corrected chi connectivity index (χ4v) is 3.09. The van der Waals surface area contributed by atoms with Gasteiger partial charge in [-0.1, -0.05) is 73.1 Å². The van der Waals surface area contributed by atoms with Crippen LogP contribution in [0.25, 0.3) is 33.6 Å². The summed E-state index contributed by atoms with van der Waals surface area (Å²) in [6.45, 7) is 2.14. The highest BCUT2D eigenvalue weighted by Gasteiger charge is 2.21. The molecule has 2 heterocycles. The number of aromatic nitrogens is 2. The van der Waals surface area contributed by atoms with Crippen molar-refractivity contribution in [2.45, 2.75) is 13.3 Å². The summed E-state index contributed by atoms with van der Waals surface area (Å²) in [6.07, 6.45) is 2.43. The number of aryl methyl sites for hydroxylation is 1. The number of nitrogens with zero attached hydrogens (tertiary/aromatic N) is 2. The Morgan fingerprint density at radius 3 is 2.38 bits per heavy atom. The zero-order valence-electron chi connectivity index (χ0n) is 13.2. The molecule has 0 saturated heterocycles. The van der Waals surface area contributed by atoms with Crippen LogP contribution >= 0.6 is 11.6 Å². The Kier molecular flexibility index (Phi) is 3.79. The summed E-state index contributed by atoms with van der Waals surface area (Å²) < 4.78 is 6.04. The van der Waals surface area contributed by atoms with E-state index in [1.54, 1.807) is 0 Å². The Morgan fingerprint density at radius 1 is 0.917 bits per heavy atom. The van der Waals surface area contributed by atoms with Crippen molar-refractivity contribution in [1.29, 1.82) is 0 Å². The molecule has 3 nitrogen and oxygen atoms in total. The minimum absolute atomic E-state index is 0.403. The quantitative estimate of drug-likeness (QED) is 0.446. The van der Waals surface area contributed by atoms with E-state index in [0.717, 1.165) is 34.3 Å². The number of hydrogen-bond acceptors (Lipinski definition) is 3. The average Bonchev–Trinajstić information content (AvgIpc) is 3.03. The van der Waals surface area contributed by atoms with Crippen LogP contribution in [0.5, 0.6) is 0 Å². The maximum Gasteiger partial charge on any atom is 0.231 e. The highest BCUT2D eigenvalue weighted by atomic mass is 35.5. The highest BCUT2D eigenvalue weighted by Crippen LogP contribution is 2.42. The van der Waals surface area contributed by atoms with Crippen molar-refractivity contribution < 1.29 is 4.42 Å². The molecule has 0 fully saturated rings. The van der Waals surface area contributed by atoms with Gasteiger partial charge in [-0.05, 0) is 17.5 Å². The number of furan rings is 1. The molecule has 4 rings (SSSR count). The van der Waals surface area contributed by atoms with Crippen molar-refractivity contribution in [2.24, 2.45) is 0 Å². The van der Waals surface area contributed by atoms with Gasteiger partial charge in [0.15, 0.2) is 0 Å². The Labute approximate surface area is 144 Å². The van der Waals surface area contributed by atoms with Gasteiger partial charge in [-0.15, -0.1) is 0 Å². The van der Waals surface area contributed by atoms with Crippen LogP contribution in [0, 0.1) is 0 Å². The molecule has 0 N–H and O–H groups in total. The van der Waals surface area contributed by atoms with Crippen LogP contribution in [0.1, 0.15) is 12.5 Å². The zero-order chi connectivity index (χ0) is 16.5. The summed E-state index contributed by atoms with van der Waals surface area (Å²) in [5.74, 6) is 0.761. The number of rotatable bonds is 3. The summed E-state index contributed by atoms with van der Waals surface area (Å²) >= 11 is 6.36. The van der Waals surface area contributed by atoms with Crippen LogP contribution in [0.4, 0.5) is 0 Å². The summed E-state index contributed by atoms with van der Waals surface area (Å²) in [5.41, 5.74) is 4.76. The van der Waals surface area contributed by atoms with E-state index < -0.39 is 0 Å². The van der Waals surface area contributed by atoms with E-state index in [-0.39, 0.29) is 0 Å². The number of halogens is 1. The molecule has 4 heteroatoms. The molecule has 0 bridgehead atoms. The standard InChI is InChI=1S/C20H15ClN2O/c1-2-13-8-10-14(11-9-13)16-17-19(21)22-12-23-20(17)24-18(16)15-6-4-3-5-7-15/h3-12H,2H2,1H3. The summed E-state index contributed by atoms with van der Waals surface area (Å²) in [5, 5.41) is 1.16. The van der Waals surface area contributed by atoms with Crippen molar-refractivity contribution in [3.63, 3.8) is 0 Å². The fourth-order valence-electron chi connectivity index (χ4n) is 2.87. The molecule has 0 aliphatic rings. The first kappa shape index (κ1) is 14.9. The van der Waals surface area contributed by atoms with E-state index in [1.807, 2.05) is 30.3 Å². The SMILES string of the molecule is CCc1ccc(-c2c(-c3ccccc3)oc3ncnc(Cl)c23)cc1. The van der Waals surface area contributed by atoms with E-state index in [9.17, 15) is 0 Å². The van der Waals surface area contributed by atoms with Gasteiger partial charge in [0.2, 0.25) is 5.71 Å². The second-order valence-corrected chi connectivity index (χ2v) is 5.93.